The molecule has 0 bridgehead atoms. The summed E-state index contributed by atoms with van der Waals surface area (Å²) < 4.78 is 17.7. The van der Waals surface area contributed by atoms with Gasteiger partial charge in [0.1, 0.15) is 0 Å². The first-order chi connectivity index (χ1) is 9.61. The highest BCUT2D eigenvalue weighted by molar-refractivity contribution is 5.74. The Morgan fingerprint density at radius 1 is 1.19 bits per heavy atom. The average Bonchev–Trinajstić information content (AvgIpc) is 2.42. The van der Waals surface area contributed by atoms with E-state index in [0.717, 1.165) is 6.42 Å². The molecule has 0 saturated heterocycles. The van der Waals surface area contributed by atoms with E-state index in [-0.39, 0.29) is 17.3 Å². The summed E-state index contributed by atoms with van der Waals surface area (Å²) in [6, 6.07) is 0. The van der Waals surface area contributed by atoms with E-state index in [1.165, 1.54) is 13.2 Å². The van der Waals surface area contributed by atoms with Crippen LogP contribution in [0.2, 0.25) is 0 Å². The maximum Gasteiger partial charge on any atom is 0.312 e. The molecule has 0 spiro atoms. The lowest BCUT2D eigenvalue weighted by atomic mass is 9.62. The van der Waals surface area contributed by atoms with Gasteiger partial charge in [0.05, 0.1) is 19.4 Å². The summed E-state index contributed by atoms with van der Waals surface area (Å²) in [6.07, 6.45) is 2.92. The van der Waals surface area contributed by atoms with Gasteiger partial charge in [-0.2, -0.15) is 0 Å². The summed E-state index contributed by atoms with van der Waals surface area (Å²) in [6.45, 7) is 15.1. The van der Waals surface area contributed by atoms with E-state index < -0.39 is 5.92 Å². The fraction of sp³-hybridized carbons (Fsp3) is 0.833. The molecule has 0 aliphatic carbocycles. The van der Waals surface area contributed by atoms with Crippen molar-refractivity contribution in [2.75, 3.05) is 7.11 Å². The highest BCUT2D eigenvalue weighted by Crippen LogP contribution is 2.44. The molecular weight excluding hydrogens is 267 g/mol. The lowest BCUT2D eigenvalue weighted by Crippen LogP contribution is -2.40. The summed E-state index contributed by atoms with van der Waals surface area (Å²) in [7, 11) is 1.36. The molecule has 2 nitrogen and oxygen atoms in total. The van der Waals surface area contributed by atoms with Gasteiger partial charge in [-0.25, -0.2) is 4.39 Å². The number of halogens is 1. The van der Waals surface area contributed by atoms with Crippen LogP contribution in [0.4, 0.5) is 4.39 Å². The molecule has 0 radical (unpaired) electrons. The molecular formula is C18H33FO2. The predicted octanol–water partition coefficient (Wildman–Crippen LogP) is 5.24. The average molecular weight is 300 g/mol. The first kappa shape index (κ1) is 20.1. The van der Waals surface area contributed by atoms with Crippen molar-refractivity contribution in [1.82, 2.24) is 0 Å². The molecule has 0 rings (SSSR count). The van der Waals surface area contributed by atoms with E-state index >= 15 is 0 Å². The number of esters is 1. The largest absolute Gasteiger partial charge is 0.469 e. The monoisotopic (exact) mass is 300 g/mol. The fourth-order valence-corrected chi connectivity index (χ4v) is 3.43. The van der Waals surface area contributed by atoms with Crippen molar-refractivity contribution in [3.63, 3.8) is 0 Å². The van der Waals surface area contributed by atoms with Crippen LogP contribution in [0.15, 0.2) is 12.4 Å². The maximum atomic E-state index is 12.8. The Morgan fingerprint density at radius 2 is 1.71 bits per heavy atom. The molecule has 0 heterocycles. The van der Waals surface area contributed by atoms with Crippen LogP contribution in [0.3, 0.4) is 0 Å². The third-order valence-corrected chi connectivity index (χ3v) is 5.08. The van der Waals surface area contributed by atoms with Crippen molar-refractivity contribution < 1.29 is 13.9 Å². The normalized spacial score (nSPS) is 19.9. The molecule has 5 atom stereocenters. The van der Waals surface area contributed by atoms with E-state index in [0.29, 0.717) is 24.1 Å². The number of methoxy groups -OCH3 is 1. The molecule has 1 unspecified atom stereocenters. The van der Waals surface area contributed by atoms with E-state index in [1.54, 1.807) is 0 Å². The van der Waals surface area contributed by atoms with Gasteiger partial charge < -0.3 is 4.74 Å². The second kappa shape index (κ2) is 8.55. The van der Waals surface area contributed by atoms with E-state index in [4.69, 9.17) is 4.74 Å². The lowest BCUT2D eigenvalue weighted by molar-refractivity contribution is -0.148. The number of hydrogen-bond donors (Lipinski definition) is 0. The van der Waals surface area contributed by atoms with Gasteiger partial charge in [-0.05, 0) is 35.2 Å². The van der Waals surface area contributed by atoms with Gasteiger partial charge in [-0.1, -0.05) is 54.9 Å². The fourth-order valence-electron chi connectivity index (χ4n) is 3.43. The Bertz CT molecular complexity index is 344. The smallest absolute Gasteiger partial charge is 0.312 e. The molecule has 124 valence electrons. The molecule has 0 N–H and O–H groups in total. The second-order valence-electron chi connectivity index (χ2n) is 7.36. The Hall–Kier alpha value is -0.860. The molecule has 0 aromatic heterocycles. The SMILES string of the molecule is CC[C@H](C)[C@@H](C)[C@@H](C)[C@H](C(C=CF)C(=O)OC)C(C)(C)C. The third-order valence-electron chi connectivity index (χ3n) is 5.08. The zero-order chi connectivity index (χ0) is 16.8. The van der Waals surface area contributed by atoms with Crippen LogP contribution in [-0.4, -0.2) is 13.1 Å². The minimum absolute atomic E-state index is 0.0287. The van der Waals surface area contributed by atoms with Crippen LogP contribution in [0.1, 0.15) is 54.9 Å². The van der Waals surface area contributed by atoms with Gasteiger partial charge in [0, 0.05) is 0 Å². The van der Waals surface area contributed by atoms with Gasteiger partial charge >= 0.3 is 5.97 Å². The second-order valence-corrected chi connectivity index (χ2v) is 7.36. The van der Waals surface area contributed by atoms with Gasteiger partial charge in [0.2, 0.25) is 0 Å². The van der Waals surface area contributed by atoms with Crippen molar-refractivity contribution >= 4 is 5.97 Å². The molecule has 21 heavy (non-hydrogen) atoms. The third kappa shape index (κ3) is 5.44. The van der Waals surface area contributed by atoms with Gasteiger partial charge in [-0.3, -0.25) is 4.79 Å². The molecule has 0 amide bonds. The topological polar surface area (TPSA) is 26.3 Å². The zero-order valence-corrected chi connectivity index (χ0v) is 14.9. The first-order valence-electron chi connectivity index (χ1n) is 7.96. The number of ether oxygens (including phenoxy) is 1. The standard InChI is InChI=1S/C18H33FO2/c1-9-12(2)13(3)14(4)16(18(5,6)7)15(10-11-19)17(20)21-8/h10-16H,9H2,1-8H3/t12-,13+,14+,15?,16+/m0/s1. The van der Waals surface area contributed by atoms with Crippen molar-refractivity contribution in [2.45, 2.75) is 54.9 Å². The quantitative estimate of drug-likeness (QED) is 0.601. The van der Waals surface area contributed by atoms with E-state index in [9.17, 15) is 9.18 Å². The van der Waals surface area contributed by atoms with Crippen LogP contribution < -0.4 is 0 Å². The maximum absolute atomic E-state index is 12.8. The molecule has 0 aliphatic rings. The number of carbonyl (C=O) groups excluding carboxylic acids is 1. The molecule has 0 aromatic rings. The number of carbonyl (C=O) groups is 1. The van der Waals surface area contributed by atoms with Crippen LogP contribution >= 0.6 is 0 Å². The Morgan fingerprint density at radius 3 is 2.05 bits per heavy atom. The predicted molar refractivity (Wildman–Crippen MR) is 86.5 cm³/mol. The molecule has 0 aliphatic heterocycles. The van der Waals surface area contributed by atoms with Crippen molar-refractivity contribution in [1.29, 1.82) is 0 Å². The molecule has 0 saturated carbocycles. The van der Waals surface area contributed by atoms with Crippen LogP contribution in [0, 0.1) is 35.0 Å². The van der Waals surface area contributed by atoms with Crippen LogP contribution in [0.25, 0.3) is 0 Å². The minimum atomic E-state index is -0.540. The van der Waals surface area contributed by atoms with Gasteiger partial charge in [-0.15, -0.1) is 0 Å². The highest BCUT2D eigenvalue weighted by Gasteiger charge is 2.41. The number of hydrogen-bond acceptors (Lipinski definition) is 2. The molecule has 0 fully saturated rings. The van der Waals surface area contributed by atoms with E-state index in [2.05, 4.69) is 48.5 Å². The summed E-state index contributed by atoms with van der Waals surface area (Å²) in [5, 5.41) is 0. The minimum Gasteiger partial charge on any atom is -0.469 e. The highest BCUT2D eigenvalue weighted by atomic mass is 19.1. The number of rotatable bonds is 7. The summed E-state index contributed by atoms with van der Waals surface area (Å²) >= 11 is 0. The van der Waals surface area contributed by atoms with E-state index in [1.807, 2.05) is 0 Å². The van der Waals surface area contributed by atoms with Crippen molar-refractivity contribution in [3.05, 3.63) is 12.4 Å². The summed E-state index contributed by atoms with van der Waals surface area (Å²) in [5.41, 5.74) is -0.112. The molecule has 0 aromatic carbocycles. The zero-order valence-electron chi connectivity index (χ0n) is 14.9. The Labute approximate surface area is 130 Å². The summed E-state index contributed by atoms with van der Waals surface area (Å²) in [5.74, 6) is 0.451. The van der Waals surface area contributed by atoms with Crippen LogP contribution in [-0.2, 0) is 9.53 Å². The molecule has 3 heteroatoms. The first-order valence-corrected chi connectivity index (χ1v) is 7.96. The van der Waals surface area contributed by atoms with Gasteiger partial charge in [0.25, 0.3) is 0 Å². The Kier molecular flexibility index (Phi) is 8.20. The van der Waals surface area contributed by atoms with Crippen molar-refractivity contribution in [3.8, 4) is 0 Å². The van der Waals surface area contributed by atoms with Crippen LogP contribution in [0.5, 0.6) is 0 Å². The summed E-state index contributed by atoms with van der Waals surface area (Å²) in [4.78, 5) is 12.1. The lowest BCUT2D eigenvalue weighted by Gasteiger charge is -2.42. The van der Waals surface area contributed by atoms with Gasteiger partial charge in [0.15, 0.2) is 0 Å². The van der Waals surface area contributed by atoms with Crippen molar-refractivity contribution in [2.24, 2.45) is 35.0 Å². The Balaban J connectivity index is 5.60.